The highest BCUT2D eigenvalue weighted by molar-refractivity contribution is 5.80. The average molecular weight is 396 g/mol. The zero-order valence-electron chi connectivity index (χ0n) is 17.5. The van der Waals surface area contributed by atoms with E-state index in [-0.39, 0.29) is 6.10 Å². The van der Waals surface area contributed by atoms with Gasteiger partial charge in [0.15, 0.2) is 0 Å². The van der Waals surface area contributed by atoms with Gasteiger partial charge in [-0.05, 0) is 44.3 Å². The molecule has 8 heteroatoms. The number of pyridine rings is 1. The van der Waals surface area contributed by atoms with Crippen LogP contribution in [0.2, 0.25) is 0 Å². The van der Waals surface area contributed by atoms with Gasteiger partial charge in [0.2, 0.25) is 5.95 Å². The van der Waals surface area contributed by atoms with Crippen molar-refractivity contribution in [2.75, 3.05) is 51.1 Å². The van der Waals surface area contributed by atoms with Crippen LogP contribution in [0.4, 0.5) is 11.8 Å². The fraction of sp³-hybridized carbons (Fsp3) is 0.476. The number of nitrogens with zero attached hydrogens (tertiary/aromatic N) is 6. The molecule has 4 heterocycles. The monoisotopic (exact) mass is 395 g/mol. The summed E-state index contributed by atoms with van der Waals surface area (Å²) in [7, 11) is 8.00. The molecule has 0 radical (unpaired) electrons. The number of aryl methyl sites for hydroxylation is 1. The van der Waals surface area contributed by atoms with Gasteiger partial charge in [-0.25, -0.2) is 9.97 Å². The Balaban J connectivity index is 1.40. The predicted molar refractivity (Wildman–Crippen MR) is 115 cm³/mol. The van der Waals surface area contributed by atoms with E-state index in [1.54, 1.807) is 7.11 Å². The number of hydrogen-bond acceptors (Lipinski definition) is 7. The number of likely N-dealkylation sites (N-methyl/N-ethyl adjacent to an activating group) is 1. The highest BCUT2D eigenvalue weighted by Gasteiger charge is 2.35. The molecule has 1 aliphatic rings. The van der Waals surface area contributed by atoms with Crippen molar-refractivity contribution < 1.29 is 4.74 Å². The van der Waals surface area contributed by atoms with Gasteiger partial charge in [-0.1, -0.05) is 0 Å². The lowest BCUT2D eigenvalue weighted by atomic mass is 10.1. The maximum Gasteiger partial charge on any atom is 0.224 e. The molecule has 8 nitrogen and oxygen atoms in total. The molecule has 2 atom stereocenters. The molecule has 0 bridgehead atoms. The summed E-state index contributed by atoms with van der Waals surface area (Å²) >= 11 is 0. The van der Waals surface area contributed by atoms with E-state index in [0.29, 0.717) is 12.0 Å². The summed E-state index contributed by atoms with van der Waals surface area (Å²) in [6, 6.07) is 6.42. The van der Waals surface area contributed by atoms with Gasteiger partial charge in [0.05, 0.1) is 12.1 Å². The second-order valence-electron chi connectivity index (χ2n) is 7.77. The third-order valence-corrected chi connectivity index (χ3v) is 5.66. The summed E-state index contributed by atoms with van der Waals surface area (Å²) in [6.07, 6.45) is 6.85. The number of ether oxygens (including phenoxy) is 1. The number of aromatic nitrogens is 4. The van der Waals surface area contributed by atoms with Crippen molar-refractivity contribution in [3.63, 3.8) is 0 Å². The van der Waals surface area contributed by atoms with Crippen LogP contribution in [-0.4, -0.2) is 77.4 Å². The summed E-state index contributed by atoms with van der Waals surface area (Å²) in [5.41, 5.74) is 2.29. The average Bonchev–Trinajstić information content (AvgIpc) is 3.31. The maximum absolute atomic E-state index is 5.67. The van der Waals surface area contributed by atoms with Gasteiger partial charge in [-0.2, -0.15) is 4.98 Å². The second-order valence-corrected chi connectivity index (χ2v) is 7.77. The number of nitrogens with one attached hydrogen (secondary N) is 1. The number of rotatable bonds is 7. The van der Waals surface area contributed by atoms with Crippen molar-refractivity contribution in [2.24, 2.45) is 7.05 Å². The topological polar surface area (TPSA) is 71.3 Å². The summed E-state index contributed by atoms with van der Waals surface area (Å²) in [4.78, 5) is 18.1. The van der Waals surface area contributed by atoms with Gasteiger partial charge in [-0.3, -0.25) is 0 Å². The van der Waals surface area contributed by atoms with E-state index in [4.69, 9.17) is 9.72 Å². The molecule has 0 saturated carbocycles. The summed E-state index contributed by atoms with van der Waals surface area (Å²) in [5.74, 6) is 1.59. The summed E-state index contributed by atoms with van der Waals surface area (Å²) < 4.78 is 7.74. The molecular formula is C21H29N7O. The molecule has 0 unspecified atom stereocenters. The first-order valence-electron chi connectivity index (χ1n) is 9.97. The molecule has 0 spiro atoms. The first kappa shape index (κ1) is 19.6. The summed E-state index contributed by atoms with van der Waals surface area (Å²) in [5, 5.41) is 4.57. The molecule has 1 saturated heterocycles. The smallest absolute Gasteiger partial charge is 0.224 e. The van der Waals surface area contributed by atoms with Crippen molar-refractivity contribution >= 4 is 22.8 Å². The Labute approximate surface area is 171 Å². The lowest BCUT2D eigenvalue weighted by Gasteiger charge is -2.23. The Morgan fingerprint density at radius 2 is 2.07 bits per heavy atom. The lowest BCUT2D eigenvalue weighted by Crippen LogP contribution is -2.39. The summed E-state index contributed by atoms with van der Waals surface area (Å²) in [6.45, 7) is 2.49. The zero-order chi connectivity index (χ0) is 20.4. The van der Waals surface area contributed by atoms with E-state index in [2.05, 4.69) is 56.0 Å². The minimum absolute atomic E-state index is 0.177. The molecule has 4 rings (SSSR count). The quantitative estimate of drug-likeness (QED) is 0.654. The maximum atomic E-state index is 5.67. The first-order chi connectivity index (χ1) is 14.1. The van der Waals surface area contributed by atoms with E-state index in [1.807, 2.05) is 31.6 Å². The Bertz CT molecular complexity index is 971. The molecule has 29 heavy (non-hydrogen) atoms. The Hall–Kier alpha value is -2.71. The van der Waals surface area contributed by atoms with Crippen LogP contribution >= 0.6 is 0 Å². The highest BCUT2D eigenvalue weighted by Crippen LogP contribution is 2.23. The van der Waals surface area contributed by atoms with Crippen LogP contribution in [-0.2, 0) is 18.2 Å². The molecule has 1 N–H and O–H groups in total. The van der Waals surface area contributed by atoms with E-state index >= 15 is 0 Å². The number of methoxy groups -OCH3 is 1. The van der Waals surface area contributed by atoms with Crippen LogP contribution in [0.1, 0.15) is 5.56 Å². The highest BCUT2D eigenvalue weighted by atomic mass is 16.5. The normalized spacial score (nSPS) is 19.4. The van der Waals surface area contributed by atoms with Crippen molar-refractivity contribution in [3.05, 3.63) is 42.4 Å². The number of fused-ring (bicyclic) bond motifs is 1. The van der Waals surface area contributed by atoms with Crippen LogP contribution in [0, 0.1) is 0 Å². The minimum atomic E-state index is 0.177. The molecule has 3 aromatic rings. The lowest BCUT2D eigenvalue weighted by molar-refractivity contribution is 0.0639. The Morgan fingerprint density at radius 1 is 1.21 bits per heavy atom. The van der Waals surface area contributed by atoms with Crippen LogP contribution in [0.25, 0.3) is 11.0 Å². The van der Waals surface area contributed by atoms with Gasteiger partial charge < -0.3 is 24.4 Å². The fourth-order valence-corrected chi connectivity index (χ4v) is 4.08. The molecule has 1 aliphatic heterocycles. The first-order valence-corrected chi connectivity index (χ1v) is 9.97. The van der Waals surface area contributed by atoms with Crippen LogP contribution in [0.3, 0.4) is 0 Å². The minimum Gasteiger partial charge on any atom is -0.378 e. The van der Waals surface area contributed by atoms with Crippen molar-refractivity contribution in [1.82, 2.24) is 24.4 Å². The standard InChI is InChI=1S/C21H29N7O/c1-26(2)17-13-28(14-18(17)29-4)19-8-11-24-21(25-19)23-10-7-15-12-27(3)20-16(15)6-5-9-22-20/h5-6,8-9,11-12,17-18H,7,10,13-14H2,1-4H3,(H,23,24,25)/t17-,18+/m0/s1. The molecule has 1 fully saturated rings. The number of hydrogen-bond donors (Lipinski definition) is 1. The third-order valence-electron chi connectivity index (χ3n) is 5.66. The fourth-order valence-electron chi connectivity index (χ4n) is 4.08. The molecule has 0 aliphatic carbocycles. The van der Waals surface area contributed by atoms with Gasteiger partial charge in [-0.15, -0.1) is 0 Å². The van der Waals surface area contributed by atoms with E-state index in [0.717, 1.165) is 37.5 Å². The molecular weight excluding hydrogens is 366 g/mol. The largest absolute Gasteiger partial charge is 0.378 e. The Kier molecular flexibility index (Phi) is 5.64. The van der Waals surface area contributed by atoms with Gasteiger partial charge in [0.1, 0.15) is 11.5 Å². The molecule has 0 aromatic carbocycles. The number of anilines is 2. The molecule has 0 amide bonds. The SMILES string of the molecule is CO[C@@H]1CN(c2ccnc(NCCc3cn(C)c4ncccc34)n2)C[C@@H]1N(C)C. The van der Waals surface area contributed by atoms with Gasteiger partial charge in [0, 0.05) is 57.8 Å². The van der Waals surface area contributed by atoms with Crippen LogP contribution in [0.5, 0.6) is 0 Å². The second kappa shape index (κ2) is 8.34. The van der Waals surface area contributed by atoms with E-state index in [9.17, 15) is 0 Å². The molecule has 154 valence electrons. The van der Waals surface area contributed by atoms with E-state index in [1.165, 1.54) is 10.9 Å². The van der Waals surface area contributed by atoms with Gasteiger partial charge >= 0.3 is 0 Å². The van der Waals surface area contributed by atoms with Gasteiger partial charge in [0.25, 0.3) is 0 Å². The van der Waals surface area contributed by atoms with Crippen molar-refractivity contribution in [2.45, 2.75) is 18.6 Å². The predicted octanol–water partition coefficient (Wildman–Crippen LogP) is 1.78. The van der Waals surface area contributed by atoms with Crippen LogP contribution < -0.4 is 10.2 Å². The van der Waals surface area contributed by atoms with E-state index < -0.39 is 0 Å². The third kappa shape index (κ3) is 4.04. The van der Waals surface area contributed by atoms with Crippen molar-refractivity contribution in [3.8, 4) is 0 Å². The Morgan fingerprint density at radius 3 is 2.83 bits per heavy atom. The van der Waals surface area contributed by atoms with Crippen molar-refractivity contribution in [1.29, 1.82) is 0 Å². The zero-order valence-corrected chi connectivity index (χ0v) is 17.5. The molecule has 3 aromatic heterocycles. The van der Waals surface area contributed by atoms with Crippen LogP contribution in [0.15, 0.2) is 36.8 Å².